The van der Waals surface area contributed by atoms with Gasteiger partial charge in [0, 0.05) is 30.4 Å². The van der Waals surface area contributed by atoms with Crippen LogP contribution in [0.5, 0.6) is 0 Å². The second kappa shape index (κ2) is 7.73. The molecule has 25 heavy (non-hydrogen) atoms. The Hall–Kier alpha value is -2.29. The van der Waals surface area contributed by atoms with Gasteiger partial charge >= 0.3 is 0 Å². The molecule has 0 spiro atoms. The van der Waals surface area contributed by atoms with E-state index in [1.807, 2.05) is 0 Å². The maximum Gasteiger partial charge on any atom is 0.249 e. The third-order valence-corrected chi connectivity index (χ3v) is 5.04. The summed E-state index contributed by atoms with van der Waals surface area (Å²) in [5.41, 5.74) is 1.26. The maximum atomic E-state index is 12.1. The van der Waals surface area contributed by atoms with Gasteiger partial charge in [-0.1, -0.05) is 29.8 Å². The van der Waals surface area contributed by atoms with Crippen molar-refractivity contribution >= 4 is 21.6 Å². The Labute approximate surface area is 150 Å². The van der Waals surface area contributed by atoms with Crippen molar-refractivity contribution in [2.45, 2.75) is 12.2 Å². The van der Waals surface area contributed by atoms with Crippen LogP contribution in [0.3, 0.4) is 0 Å². The van der Waals surface area contributed by atoms with Gasteiger partial charge in [0.05, 0.1) is 11.3 Å². The minimum absolute atomic E-state index is 0.154. The summed E-state index contributed by atoms with van der Waals surface area (Å²) in [5, 5.41) is 8.26. The smallest absolute Gasteiger partial charge is 0.249 e. The SMILES string of the molecule is O=S(=O)(Cc1ccccc1Cl)NCCc1nnc(-c2cccnc2)o1. The first-order chi connectivity index (χ1) is 12.0. The van der Waals surface area contributed by atoms with Crippen molar-refractivity contribution in [1.82, 2.24) is 19.9 Å². The molecule has 1 N–H and O–H groups in total. The van der Waals surface area contributed by atoms with Crippen molar-refractivity contribution in [3.63, 3.8) is 0 Å². The molecule has 0 radical (unpaired) electrons. The maximum absolute atomic E-state index is 12.1. The molecule has 1 aromatic carbocycles. The van der Waals surface area contributed by atoms with Gasteiger partial charge in [-0.3, -0.25) is 4.98 Å². The molecule has 0 aliphatic heterocycles. The fourth-order valence-electron chi connectivity index (χ4n) is 2.15. The van der Waals surface area contributed by atoms with Gasteiger partial charge in [-0.25, -0.2) is 13.1 Å². The molecule has 0 aliphatic rings. The highest BCUT2D eigenvalue weighted by atomic mass is 35.5. The number of pyridine rings is 1. The second-order valence-electron chi connectivity index (χ2n) is 5.24. The molecule has 0 saturated heterocycles. The number of nitrogens with zero attached hydrogens (tertiary/aromatic N) is 3. The summed E-state index contributed by atoms with van der Waals surface area (Å²) in [4.78, 5) is 3.98. The van der Waals surface area contributed by atoms with Gasteiger partial charge < -0.3 is 4.42 Å². The van der Waals surface area contributed by atoms with E-state index in [1.54, 1.807) is 48.8 Å². The lowest BCUT2D eigenvalue weighted by Gasteiger charge is -2.07. The van der Waals surface area contributed by atoms with E-state index in [0.717, 1.165) is 0 Å². The molecule has 0 atom stereocenters. The zero-order valence-corrected chi connectivity index (χ0v) is 14.7. The topological polar surface area (TPSA) is 98.0 Å². The zero-order chi connectivity index (χ0) is 17.7. The van der Waals surface area contributed by atoms with Gasteiger partial charge in [-0.15, -0.1) is 10.2 Å². The average Bonchev–Trinajstić information content (AvgIpc) is 3.06. The number of rotatable bonds is 7. The molecule has 0 bridgehead atoms. The lowest BCUT2D eigenvalue weighted by atomic mass is 10.2. The molecule has 0 unspecified atom stereocenters. The van der Waals surface area contributed by atoms with Gasteiger partial charge in [0.25, 0.3) is 0 Å². The normalized spacial score (nSPS) is 11.6. The van der Waals surface area contributed by atoms with Crippen molar-refractivity contribution in [2.24, 2.45) is 0 Å². The number of halogens is 1. The fraction of sp³-hybridized carbons (Fsp3) is 0.188. The number of hydrogen-bond donors (Lipinski definition) is 1. The number of hydrogen-bond acceptors (Lipinski definition) is 6. The zero-order valence-electron chi connectivity index (χ0n) is 13.1. The van der Waals surface area contributed by atoms with E-state index in [1.165, 1.54) is 0 Å². The average molecular weight is 379 g/mol. The van der Waals surface area contributed by atoms with Crippen LogP contribution in [0.25, 0.3) is 11.5 Å². The number of sulfonamides is 1. The lowest BCUT2D eigenvalue weighted by molar-refractivity contribution is 0.501. The molecule has 0 saturated carbocycles. The third-order valence-electron chi connectivity index (χ3n) is 3.34. The van der Waals surface area contributed by atoms with Crippen molar-refractivity contribution in [3.8, 4) is 11.5 Å². The van der Waals surface area contributed by atoms with Gasteiger partial charge in [-0.05, 0) is 23.8 Å². The standard InChI is InChI=1S/C16H15ClN4O3S/c17-14-6-2-1-4-13(14)11-25(22,23)19-9-7-15-20-21-16(24-15)12-5-3-8-18-10-12/h1-6,8,10,19H,7,9,11H2. The van der Waals surface area contributed by atoms with E-state index < -0.39 is 10.0 Å². The molecule has 9 heteroatoms. The molecular weight excluding hydrogens is 364 g/mol. The third kappa shape index (κ3) is 4.85. The van der Waals surface area contributed by atoms with Gasteiger partial charge in [-0.2, -0.15) is 0 Å². The van der Waals surface area contributed by atoms with Gasteiger partial charge in [0.15, 0.2) is 0 Å². The number of nitrogens with one attached hydrogen (secondary N) is 1. The first kappa shape index (κ1) is 17.5. The highest BCUT2D eigenvalue weighted by Crippen LogP contribution is 2.18. The molecule has 0 amide bonds. The van der Waals surface area contributed by atoms with E-state index in [9.17, 15) is 8.42 Å². The fourth-order valence-corrected chi connectivity index (χ4v) is 3.60. The van der Waals surface area contributed by atoms with Gasteiger partial charge in [0.1, 0.15) is 0 Å². The Kier molecular flexibility index (Phi) is 5.42. The first-order valence-corrected chi connectivity index (χ1v) is 9.50. The summed E-state index contributed by atoms with van der Waals surface area (Å²) >= 11 is 5.99. The number of benzene rings is 1. The Morgan fingerprint density at radius 2 is 1.96 bits per heavy atom. The van der Waals surface area contributed by atoms with Crippen molar-refractivity contribution in [1.29, 1.82) is 0 Å². The number of aromatic nitrogens is 3. The molecule has 3 aromatic rings. The predicted octanol–water partition coefficient (Wildman–Crippen LogP) is 2.45. The van der Waals surface area contributed by atoms with Crippen molar-refractivity contribution in [2.75, 3.05) is 6.54 Å². The van der Waals surface area contributed by atoms with Gasteiger partial charge in [0.2, 0.25) is 21.8 Å². The van der Waals surface area contributed by atoms with Crippen LogP contribution in [0.15, 0.2) is 53.2 Å². The Balaban J connectivity index is 1.56. The molecule has 7 nitrogen and oxygen atoms in total. The van der Waals surface area contributed by atoms with Crippen LogP contribution in [-0.4, -0.2) is 30.1 Å². The van der Waals surface area contributed by atoms with E-state index in [-0.39, 0.29) is 18.7 Å². The summed E-state index contributed by atoms with van der Waals surface area (Å²) in [6.45, 7) is 0.154. The molecule has 2 heterocycles. The Morgan fingerprint density at radius 1 is 1.12 bits per heavy atom. The van der Waals surface area contributed by atoms with E-state index in [4.69, 9.17) is 16.0 Å². The van der Waals surface area contributed by atoms with Crippen LogP contribution in [0, 0.1) is 0 Å². The second-order valence-corrected chi connectivity index (χ2v) is 7.45. The largest absolute Gasteiger partial charge is 0.421 e. The summed E-state index contributed by atoms with van der Waals surface area (Å²) in [5.74, 6) is 0.513. The van der Waals surface area contributed by atoms with E-state index in [2.05, 4.69) is 19.9 Å². The van der Waals surface area contributed by atoms with Crippen LogP contribution in [-0.2, 0) is 22.2 Å². The summed E-state index contributed by atoms with van der Waals surface area (Å²) in [6.07, 6.45) is 3.55. The summed E-state index contributed by atoms with van der Waals surface area (Å²) < 4.78 is 32.3. The predicted molar refractivity (Wildman–Crippen MR) is 93.3 cm³/mol. The van der Waals surface area contributed by atoms with Crippen LogP contribution < -0.4 is 4.72 Å². The molecule has 3 rings (SSSR count). The minimum atomic E-state index is -3.51. The first-order valence-electron chi connectivity index (χ1n) is 7.47. The molecule has 130 valence electrons. The monoisotopic (exact) mass is 378 g/mol. The molecular formula is C16H15ClN4O3S. The van der Waals surface area contributed by atoms with Crippen LogP contribution in [0.4, 0.5) is 0 Å². The van der Waals surface area contributed by atoms with E-state index >= 15 is 0 Å². The van der Waals surface area contributed by atoms with Crippen molar-refractivity contribution in [3.05, 3.63) is 65.3 Å². The van der Waals surface area contributed by atoms with Crippen LogP contribution in [0.2, 0.25) is 5.02 Å². The Morgan fingerprint density at radius 3 is 2.72 bits per heavy atom. The summed E-state index contributed by atoms with van der Waals surface area (Å²) in [6, 6.07) is 10.4. The minimum Gasteiger partial charge on any atom is -0.421 e. The Bertz CT molecular complexity index is 945. The summed E-state index contributed by atoms with van der Waals surface area (Å²) in [7, 11) is -3.51. The highest BCUT2D eigenvalue weighted by Gasteiger charge is 2.14. The van der Waals surface area contributed by atoms with Crippen LogP contribution in [0.1, 0.15) is 11.5 Å². The van der Waals surface area contributed by atoms with Crippen LogP contribution >= 0.6 is 11.6 Å². The molecule has 0 aliphatic carbocycles. The molecule has 2 aromatic heterocycles. The lowest BCUT2D eigenvalue weighted by Crippen LogP contribution is -2.27. The van der Waals surface area contributed by atoms with Crippen molar-refractivity contribution < 1.29 is 12.8 Å². The highest BCUT2D eigenvalue weighted by molar-refractivity contribution is 7.88. The molecule has 0 fully saturated rings. The van der Waals surface area contributed by atoms with E-state index in [0.29, 0.717) is 27.9 Å². The quantitative estimate of drug-likeness (QED) is 0.678.